The molecule has 0 aliphatic rings. The summed E-state index contributed by atoms with van der Waals surface area (Å²) in [5.74, 6) is -0.539. The van der Waals surface area contributed by atoms with Crippen molar-refractivity contribution in [1.82, 2.24) is 20.3 Å². The third-order valence-electron chi connectivity index (χ3n) is 6.11. The third-order valence-corrected chi connectivity index (χ3v) is 7.74. The molecular formula is C31H27FN6O5S. The summed E-state index contributed by atoms with van der Waals surface area (Å²) in [6.45, 7) is 0.223. The number of methoxy groups -OCH3 is 1. The van der Waals surface area contributed by atoms with Crippen LogP contribution in [0, 0.1) is 5.82 Å². The fourth-order valence-corrected chi connectivity index (χ4v) is 5.07. The Kier molecular flexibility index (Phi) is 9.25. The Morgan fingerprint density at radius 1 is 0.750 bits per heavy atom. The zero-order chi connectivity index (χ0) is 30.9. The van der Waals surface area contributed by atoms with Gasteiger partial charge in [-0.05, 0) is 78.4 Å². The van der Waals surface area contributed by atoms with Crippen molar-refractivity contribution in [1.29, 1.82) is 0 Å². The van der Waals surface area contributed by atoms with Crippen LogP contribution >= 0.6 is 0 Å². The zero-order valence-electron chi connectivity index (χ0n) is 23.4. The Morgan fingerprint density at radius 2 is 1.32 bits per heavy atom. The quantitative estimate of drug-likeness (QED) is 0.167. The van der Waals surface area contributed by atoms with Crippen molar-refractivity contribution in [3.05, 3.63) is 115 Å². The van der Waals surface area contributed by atoms with Crippen molar-refractivity contribution in [3.63, 3.8) is 0 Å². The van der Waals surface area contributed by atoms with Crippen LogP contribution in [-0.4, -0.2) is 42.1 Å². The Bertz CT molecular complexity index is 1820. The van der Waals surface area contributed by atoms with E-state index in [1.165, 1.54) is 48.5 Å². The second kappa shape index (κ2) is 13.6. The molecule has 0 unspecified atom stereocenters. The fourth-order valence-electron chi connectivity index (χ4n) is 3.90. The predicted octanol–water partition coefficient (Wildman–Crippen LogP) is 5.39. The number of ether oxygens (including phenoxy) is 2. The lowest BCUT2D eigenvalue weighted by Crippen LogP contribution is -2.29. The van der Waals surface area contributed by atoms with Gasteiger partial charge in [-0.25, -0.2) is 12.8 Å². The number of anilines is 4. The van der Waals surface area contributed by atoms with Gasteiger partial charge in [-0.1, -0.05) is 30.3 Å². The highest BCUT2D eigenvalue weighted by atomic mass is 32.2. The molecule has 0 aliphatic carbocycles. The van der Waals surface area contributed by atoms with Crippen LogP contribution in [0.15, 0.2) is 108 Å². The van der Waals surface area contributed by atoms with Gasteiger partial charge in [0.1, 0.15) is 23.1 Å². The molecule has 0 aliphatic heterocycles. The van der Waals surface area contributed by atoms with E-state index in [2.05, 4.69) is 30.9 Å². The normalized spacial score (nSPS) is 11.0. The largest absolute Gasteiger partial charge is 0.497 e. The van der Waals surface area contributed by atoms with Gasteiger partial charge in [0.2, 0.25) is 17.8 Å². The number of hydrogen-bond acceptors (Lipinski definition) is 10. The van der Waals surface area contributed by atoms with Crippen LogP contribution in [-0.2, 0) is 21.2 Å². The summed E-state index contributed by atoms with van der Waals surface area (Å²) >= 11 is 0. The van der Waals surface area contributed by atoms with Gasteiger partial charge in [-0.15, -0.1) is 0 Å². The summed E-state index contributed by atoms with van der Waals surface area (Å²) in [5, 5.41) is 8.67. The van der Waals surface area contributed by atoms with E-state index in [4.69, 9.17) is 9.47 Å². The van der Waals surface area contributed by atoms with E-state index in [-0.39, 0.29) is 35.1 Å². The Labute approximate surface area is 253 Å². The van der Waals surface area contributed by atoms with Crippen LogP contribution in [0.2, 0.25) is 0 Å². The van der Waals surface area contributed by atoms with Crippen molar-refractivity contribution in [2.45, 2.75) is 11.4 Å². The van der Waals surface area contributed by atoms with E-state index in [0.29, 0.717) is 17.1 Å². The molecule has 4 aromatic carbocycles. The number of sulfone groups is 1. The van der Waals surface area contributed by atoms with Crippen molar-refractivity contribution in [2.75, 3.05) is 23.5 Å². The molecule has 5 rings (SSSR count). The monoisotopic (exact) mass is 614 g/mol. The van der Waals surface area contributed by atoms with Crippen LogP contribution in [0.4, 0.5) is 27.7 Å². The van der Waals surface area contributed by atoms with Crippen LogP contribution in [0.3, 0.4) is 0 Å². The summed E-state index contributed by atoms with van der Waals surface area (Å²) in [4.78, 5) is 25.3. The molecule has 1 aromatic heterocycles. The minimum atomic E-state index is -3.91. The molecule has 3 N–H and O–H groups in total. The highest BCUT2D eigenvalue weighted by molar-refractivity contribution is 7.92. The van der Waals surface area contributed by atoms with Gasteiger partial charge in [0.25, 0.3) is 0 Å². The molecule has 224 valence electrons. The summed E-state index contributed by atoms with van der Waals surface area (Å²) in [7, 11) is -2.34. The first-order valence-corrected chi connectivity index (χ1v) is 14.9. The maximum Gasteiger partial charge on any atom is 0.328 e. The number of carbonyl (C=O) groups excluding carboxylic acids is 1. The summed E-state index contributed by atoms with van der Waals surface area (Å²) in [6.07, 6.45) is 0. The van der Waals surface area contributed by atoms with Crippen LogP contribution in [0.5, 0.6) is 17.5 Å². The van der Waals surface area contributed by atoms with Gasteiger partial charge in [-0.2, -0.15) is 15.0 Å². The Balaban J connectivity index is 1.30. The lowest BCUT2D eigenvalue weighted by atomic mass is 10.2. The lowest BCUT2D eigenvalue weighted by Gasteiger charge is -2.11. The first-order chi connectivity index (χ1) is 21.3. The first kappa shape index (κ1) is 29.9. The van der Waals surface area contributed by atoms with E-state index in [1.807, 2.05) is 30.3 Å². The summed E-state index contributed by atoms with van der Waals surface area (Å²) in [5.41, 5.74) is 2.05. The molecule has 0 saturated heterocycles. The maximum atomic E-state index is 13.4. The van der Waals surface area contributed by atoms with Crippen LogP contribution in [0.25, 0.3) is 0 Å². The number of nitrogens with zero attached hydrogens (tertiary/aromatic N) is 3. The smallest absolute Gasteiger partial charge is 0.328 e. The topological polar surface area (TPSA) is 144 Å². The SMILES string of the molecule is COc1ccc(Nc2nc(Nc3ccc(F)cc3)nc(Oc3ccc(S(=O)(=O)CC(=O)NCc4ccccc4)cc3)n2)cc1. The number of rotatable bonds is 12. The number of amides is 1. The molecule has 0 fully saturated rings. The van der Waals surface area contributed by atoms with E-state index < -0.39 is 27.3 Å². The highest BCUT2D eigenvalue weighted by Crippen LogP contribution is 2.25. The molecule has 0 atom stereocenters. The average Bonchev–Trinajstić information content (AvgIpc) is 3.02. The minimum absolute atomic E-state index is 0.0455. The number of carbonyl (C=O) groups is 1. The number of benzene rings is 4. The molecule has 5 aromatic rings. The molecule has 0 spiro atoms. The predicted molar refractivity (Wildman–Crippen MR) is 163 cm³/mol. The molecular weight excluding hydrogens is 587 g/mol. The second-order valence-electron chi connectivity index (χ2n) is 9.35. The third kappa shape index (κ3) is 8.26. The van der Waals surface area contributed by atoms with Gasteiger partial charge in [0.15, 0.2) is 9.84 Å². The number of nitrogens with one attached hydrogen (secondary N) is 3. The maximum absolute atomic E-state index is 13.4. The number of halogens is 1. The van der Waals surface area contributed by atoms with Crippen molar-refractivity contribution in [3.8, 4) is 17.5 Å². The van der Waals surface area contributed by atoms with Gasteiger partial charge in [0.05, 0.1) is 12.0 Å². The fraction of sp³-hybridized carbons (Fsp3) is 0.0968. The van der Waals surface area contributed by atoms with Gasteiger partial charge < -0.3 is 25.4 Å². The van der Waals surface area contributed by atoms with Crippen molar-refractivity contribution < 1.29 is 27.1 Å². The zero-order valence-corrected chi connectivity index (χ0v) is 24.2. The summed E-state index contributed by atoms with van der Waals surface area (Å²) < 4.78 is 50.1. The number of hydrogen-bond donors (Lipinski definition) is 3. The molecule has 13 heteroatoms. The lowest BCUT2D eigenvalue weighted by molar-refractivity contribution is -0.118. The van der Waals surface area contributed by atoms with Gasteiger partial charge in [0, 0.05) is 17.9 Å². The van der Waals surface area contributed by atoms with E-state index in [1.54, 1.807) is 31.4 Å². The molecule has 0 bridgehead atoms. The summed E-state index contributed by atoms with van der Waals surface area (Å²) in [6, 6.07) is 27.3. The van der Waals surface area contributed by atoms with Gasteiger partial charge >= 0.3 is 6.01 Å². The molecule has 0 radical (unpaired) electrons. The minimum Gasteiger partial charge on any atom is -0.497 e. The molecule has 1 amide bonds. The van der Waals surface area contributed by atoms with Crippen molar-refractivity contribution in [2.24, 2.45) is 0 Å². The van der Waals surface area contributed by atoms with Gasteiger partial charge in [-0.3, -0.25) is 4.79 Å². The highest BCUT2D eigenvalue weighted by Gasteiger charge is 2.20. The van der Waals surface area contributed by atoms with E-state index >= 15 is 0 Å². The number of aromatic nitrogens is 3. The molecule has 0 saturated carbocycles. The molecule has 1 heterocycles. The van der Waals surface area contributed by atoms with E-state index in [0.717, 1.165) is 5.56 Å². The average molecular weight is 615 g/mol. The Hall–Kier alpha value is -5.56. The molecule has 11 nitrogen and oxygen atoms in total. The van der Waals surface area contributed by atoms with Crippen LogP contribution < -0.4 is 25.4 Å². The van der Waals surface area contributed by atoms with Crippen LogP contribution in [0.1, 0.15) is 5.56 Å². The Morgan fingerprint density at radius 3 is 1.91 bits per heavy atom. The van der Waals surface area contributed by atoms with Crippen molar-refractivity contribution >= 4 is 39.0 Å². The first-order valence-electron chi connectivity index (χ1n) is 13.3. The second-order valence-corrected chi connectivity index (χ2v) is 11.3. The van der Waals surface area contributed by atoms with E-state index in [9.17, 15) is 17.6 Å². The molecule has 44 heavy (non-hydrogen) atoms. The standard InChI is InChI=1S/C31H27FN6O5S/c1-42-25-13-11-24(12-14-25)35-30-36-29(34-23-9-7-22(32)8-10-23)37-31(38-30)43-26-15-17-27(18-16-26)44(40,41)20-28(39)33-19-21-5-3-2-4-6-21/h2-18H,19-20H2,1H3,(H,33,39)(H2,34,35,36,37,38).